The molecule has 2 aliphatic carbocycles. The van der Waals surface area contributed by atoms with Crippen molar-refractivity contribution < 1.29 is 17.9 Å². The van der Waals surface area contributed by atoms with Crippen molar-refractivity contribution in [3.63, 3.8) is 0 Å². The molecule has 0 saturated heterocycles. The minimum absolute atomic E-state index is 0.263. The van der Waals surface area contributed by atoms with Crippen molar-refractivity contribution >= 4 is 11.6 Å². The van der Waals surface area contributed by atoms with E-state index in [9.17, 15) is 13.2 Å². The summed E-state index contributed by atoms with van der Waals surface area (Å²) < 4.78 is 40.1. The smallest absolute Gasteiger partial charge is 0.406 e. The molecule has 23 heavy (non-hydrogen) atoms. The van der Waals surface area contributed by atoms with Gasteiger partial charge in [-0.05, 0) is 61.3 Å². The van der Waals surface area contributed by atoms with Crippen LogP contribution >= 0.6 is 0 Å². The molecule has 0 heterocycles. The molecule has 0 bridgehead atoms. The fourth-order valence-corrected chi connectivity index (χ4v) is 3.19. The fourth-order valence-electron chi connectivity index (χ4n) is 3.19. The number of anilines is 1. The SMILES string of the molecule is NC(=NCC1(C2CC2)CCC1)Nc1ccc(OC(F)(F)F)cc1. The Balaban J connectivity index is 1.55. The van der Waals surface area contributed by atoms with Crippen molar-refractivity contribution in [1.82, 2.24) is 0 Å². The molecule has 3 rings (SSSR count). The van der Waals surface area contributed by atoms with Gasteiger partial charge in [-0.2, -0.15) is 0 Å². The van der Waals surface area contributed by atoms with Gasteiger partial charge in [-0.25, -0.2) is 0 Å². The largest absolute Gasteiger partial charge is 0.573 e. The molecule has 4 nitrogen and oxygen atoms in total. The van der Waals surface area contributed by atoms with Gasteiger partial charge in [-0.15, -0.1) is 13.2 Å². The summed E-state index contributed by atoms with van der Waals surface area (Å²) in [5.74, 6) is 0.828. The zero-order chi connectivity index (χ0) is 16.5. The number of alkyl halides is 3. The van der Waals surface area contributed by atoms with Crippen molar-refractivity contribution in [1.29, 1.82) is 0 Å². The summed E-state index contributed by atoms with van der Waals surface area (Å²) in [6.45, 7) is 0.728. The monoisotopic (exact) mass is 327 g/mol. The standard InChI is InChI=1S/C16H20F3N3O/c17-16(18,19)23-13-6-4-12(5-7-13)22-14(20)21-10-15(8-1-9-15)11-2-3-11/h4-7,11H,1-3,8-10H2,(H3,20,21,22). The average Bonchev–Trinajstić information content (AvgIpc) is 3.23. The first-order valence-corrected chi connectivity index (χ1v) is 7.79. The Kier molecular flexibility index (Phi) is 4.12. The molecule has 0 aliphatic heterocycles. The van der Waals surface area contributed by atoms with Crippen LogP contribution in [0.2, 0.25) is 0 Å². The number of aliphatic imine (C=N–C) groups is 1. The van der Waals surface area contributed by atoms with Gasteiger partial charge in [0.2, 0.25) is 0 Å². The molecule has 3 N–H and O–H groups in total. The van der Waals surface area contributed by atoms with Gasteiger partial charge in [-0.3, -0.25) is 4.99 Å². The first kappa shape index (κ1) is 16.0. The quantitative estimate of drug-likeness (QED) is 0.637. The lowest BCUT2D eigenvalue weighted by molar-refractivity contribution is -0.274. The van der Waals surface area contributed by atoms with E-state index in [-0.39, 0.29) is 5.75 Å². The Bertz CT molecular complexity index is 575. The summed E-state index contributed by atoms with van der Waals surface area (Å²) in [5, 5.41) is 2.90. The molecule has 0 amide bonds. The number of benzene rings is 1. The van der Waals surface area contributed by atoms with E-state index in [1.54, 1.807) is 0 Å². The molecular weight excluding hydrogens is 307 g/mol. The Labute approximate surface area is 132 Å². The van der Waals surface area contributed by atoms with Crippen molar-refractivity contribution in [2.45, 2.75) is 38.5 Å². The Hall–Kier alpha value is -1.92. The van der Waals surface area contributed by atoms with Gasteiger partial charge in [0.05, 0.1) is 0 Å². The molecule has 7 heteroatoms. The van der Waals surface area contributed by atoms with E-state index in [1.165, 1.54) is 56.4 Å². The third kappa shape index (κ3) is 4.09. The maximum absolute atomic E-state index is 12.1. The van der Waals surface area contributed by atoms with Crippen LogP contribution in [0.3, 0.4) is 0 Å². The maximum Gasteiger partial charge on any atom is 0.573 e. The zero-order valence-electron chi connectivity index (χ0n) is 12.7. The number of ether oxygens (including phenoxy) is 1. The van der Waals surface area contributed by atoms with Gasteiger partial charge < -0.3 is 15.8 Å². The fraction of sp³-hybridized carbons (Fsp3) is 0.562. The Morgan fingerprint density at radius 2 is 1.91 bits per heavy atom. The number of nitrogens with zero attached hydrogens (tertiary/aromatic N) is 1. The molecule has 0 atom stereocenters. The highest BCUT2D eigenvalue weighted by Gasteiger charge is 2.48. The minimum Gasteiger partial charge on any atom is -0.406 e. The number of hydrogen-bond acceptors (Lipinski definition) is 2. The van der Waals surface area contributed by atoms with Gasteiger partial charge >= 0.3 is 6.36 Å². The molecule has 0 aromatic heterocycles. The van der Waals surface area contributed by atoms with Crippen LogP contribution in [0.1, 0.15) is 32.1 Å². The predicted molar refractivity (Wildman–Crippen MR) is 82.2 cm³/mol. The molecule has 0 radical (unpaired) electrons. The van der Waals surface area contributed by atoms with Crippen LogP contribution < -0.4 is 15.8 Å². The maximum atomic E-state index is 12.1. The van der Waals surface area contributed by atoms with Gasteiger partial charge in [0.15, 0.2) is 5.96 Å². The summed E-state index contributed by atoms with van der Waals surface area (Å²) in [4.78, 5) is 4.43. The molecule has 2 saturated carbocycles. The predicted octanol–water partition coefficient (Wildman–Crippen LogP) is 3.89. The molecule has 2 aliphatic rings. The van der Waals surface area contributed by atoms with Gasteiger partial charge in [-0.1, -0.05) is 6.42 Å². The molecule has 126 valence electrons. The molecule has 0 unspecified atom stereocenters. The minimum atomic E-state index is -4.69. The number of hydrogen-bond donors (Lipinski definition) is 2. The molecular formula is C16H20F3N3O. The Morgan fingerprint density at radius 3 is 2.39 bits per heavy atom. The van der Waals surface area contributed by atoms with E-state index in [0.717, 1.165) is 12.5 Å². The number of nitrogens with one attached hydrogen (secondary N) is 1. The topological polar surface area (TPSA) is 59.6 Å². The lowest BCUT2D eigenvalue weighted by Crippen LogP contribution is -2.36. The van der Waals surface area contributed by atoms with E-state index in [4.69, 9.17) is 5.73 Å². The second-order valence-electron chi connectivity index (χ2n) is 6.39. The highest BCUT2D eigenvalue weighted by Crippen LogP contribution is 2.57. The second-order valence-corrected chi connectivity index (χ2v) is 6.39. The lowest BCUT2D eigenvalue weighted by Gasteiger charge is -2.41. The number of guanidine groups is 1. The van der Waals surface area contributed by atoms with Crippen molar-refractivity contribution in [2.24, 2.45) is 22.1 Å². The summed E-state index contributed by atoms with van der Waals surface area (Å²) >= 11 is 0. The van der Waals surface area contributed by atoms with Crippen LogP contribution in [-0.2, 0) is 0 Å². The second kappa shape index (κ2) is 5.94. The van der Waals surface area contributed by atoms with E-state index in [0.29, 0.717) is 17.1 Å². The highest BCUT2D eigenvalue weighted by molar-refractivity contribution is 5.92. The lowest BCUT2D eigenvalue weighted by atomic mass is 9.65. The van der Waals surface area contributed by atoms with Crippen LogP contribution in [0.15, 0.2) is 29.3 Å². The van der Waals surface area contributed by atoms with Crippen molar-refractivity contribution in [3.8, 4) is 5.75 Å². The van der Waals surface area contributed by atoms with Gasteiger partial charge in [0.1, 0.15) is 5.75 Å². The summed E-state index contributed by atoms with van der Waals surface area (Å²) in [7, 11) is 0. The third-order valence-corrected chi connectivity index (χ3v) is 4.72. The van der Waals surface area contributed by atoms with E-state index < -0.39 is 6.36 Å². The van der Waals surface area contributed by atoms with Gasteiger partial charge in [0.25, 0.3) is 0 Å². The van der Waals surface area contributed by atoms with E-state index in [1.807, 2.05) is 0 Å². The number of rotatable bonds is 5. The van der Waals surface area contributed by atoms with Crippen LogP contribution in [0.25, 0.3) is 0 Å². The first-order chi connectivity index (χ1) is 10.9. The molecule has 1 aromatic rings. The van der Waals surface area contributed by atoms with Crippen molar-refractivity contribution in [3.05, 3.63) is 24.3 Å². The average molecular weight is 327 g/mol. The van der Waals surface area contributed by atoms with Crippen molar-refractivity contribution in [2.75, 3.05) is 11.9 Å². The Morgan fingerprint density at radius 1 is 1.26 bits per heavy atom. The zero-order valence-corrected chi connectivity index (χ0v) is 12.7. The van der Waals surface area contributed by atoms with Crippen LogP contribution in [0.4, 0.5) is 18.9 Å². The third-order valence-electron chi connectivity index (χ3n) is 4.72. The molecule has 2 fully saturated rings. The highest BCUT2D eigenvalue weighted by atomic mass is 19.4. The van der Waals surface area contributed by atoms with Crippen LogP contribution in [0, 0.1) is 11.3 Å². The van der Waals surface area contributed by atoms with E-state index >= 15 is 0 Å². The van der Waals surface area contributed by atoms with Crippen LogP contribution in [0.5, 0.6) is 5.75 Å². The van der Waals surface area contributed by atoms with E-state index in [2.05, 4.69) is 15.0 Å². The first-order valence-electron chi connectivity index (χ1n) is 7.79. The van der Waals surface area contributed by atoms with Gasteiger partial charge in [0, 0.05) is 12.2 Å². The summed E-state index contributed by atoms with van der Waals surface area (Å²) in [6, 6.07) is 5.42. The normalized spacial score (nSPS) is 20.7. The molecule has 1 aromatic carbocycles. The summed E-state index contributed by atoms with van der Waals surface area (Å²) in [6.07, 6.45) is 1.61. The number of nitrogens with two attached hydrogens (primary N) is 1. The van der Waals surface area contributed by atoms with Crippen LogP contribution in [-0.4, -0.2) is 18.9 Å². The summed E-state index contributed by atoms with van der Waals surface area (Å²) in [5.41, 5.74) is 6.80. The number of halogens is 3. The molecule has 0 spiro atoms.